The van der Waals surface area contributed by atoms with Crippen LogP contribution in [0.25, 0.3) is 0 Å². The molecule has 1 saturated heterocycles. The molecular formula is C19H27NO4. The average molecular weight is 333 g/mol. The molecule has 5 heteroatoms. The zero-order valence-corrected chi connectivity index (χ0v) is 14.9. The Kier molecular flexibility index (Phi) is 5.86. The molecule has 1 N–H and O–H groups in total. The zero-order chi connectivity index (χ0) is 17.9. The number of piperidine rings is 1. The van der Waals surface area contributed by atoms with Crippen molar-refractivity contribution in [3.8, 4) is 5.75 Å². The van der Waals surface area contributed by atoms with Gasteiger partial charge in [0.2, 0.25) is 0 Å². The second-order valence-electron chi connectivity index (χ2n) is 6.89. The van der Waals surface area contributed by atoms with Gasteiger partial charge in [0.05, 0.1) is 5.92 Å². The van der Waals surface area contributed by atoms with Gasteiger partial charge in [0.15, 0.2) is 6.10 Å². The minimum Gasteiger partial charge on any atom is -0.481 e. The van der Waals surface area contributed by atoms with Crippen LogP contribution in [0, 0.1) is 12.8 Å². The molecule has 1 aliphatic heterocycles. The molecule has 1 aromatic rings. The predicted molar refractivity (Wildman–Crippen MR) is 92.3 cm³/mol. The van der Waals surface area contributed by atoms with E-state index in [1.807, 2.05) is 25.1 Å². The summed E-state index contributed by atoms with van der Waals surface area (Å²) in [5, 5.41) is 9.05. The number of carbonyl (C=O) groups is 2. The van der Waals surface area contributed by atoms with Gasteiger partial charge in [0.1, 0.15) is 5.75 Å². The molecule has 0 aliphatic carbocycles. The van der Waals surface area contributed by atoms with Crippen molar-refractivity contribution in [3.63, 3.8) is 0 Å². The third kappa shape index (κ3) is 4.28. The Morgan fingerprint density at radius 1 is 1.21 bits per heavy atom. The zero-order valence-electron chi connectivity index (χ0n) is 14.9. The Balaban J connectivity index is 2.02. The predicted octanol–water partition coefficient (Wildman–Crippen LogP) is 3.21. The quantitative estimate of drug-likeness (QED) is 0.898. The Morgan fingerprint density at radius 3 is 2.38 bits per heavy atom. The van der Waals surface area contributed by atoms with E-state index >= 15 is 0 Å². The summed E-state index contributed by atoms with van der Waals surface area (Å²) in [5.41, 5.74) is 2.18. The maximum absolute atomic E-state index is 12.6. The van der Waals surface area contributed by atoms with E-state index in [0.29, 0.717) is 31.8 Å². The summed E-state index contributed by atoms with van der Waals surface area (Å²) in [6.07, 6.45) is 0.441. The summed E-state index contributed by atoms with van der Waals surface area (Å²) < 4.78 is 5.97. The molecule has 1 aromatic carbocycles. The molecule has 1 aliphatic rings. The van der Waals surface area contributed by atoms with Crippen LogP contribution < -0.4 is 4.74 Å². The number of aryl methyl sites for hydroxylation is 1. The number of benzene rings is 1. The lowest BCUT2D eigenvalue weighted by Crippen LogP contribution is -2.45. The van der Waals surface area contributed by atoms with Crippen molar-refractivity contribution in [3.05, 3.63) is 29.3 Å². The van der Waals surface area contributed by atoms with Gasteiger partial charge in [-0.1, -0.05) is 26.0 Å². The number of amides is 1. The van der Waals surface area contributed by atoms with Gasteiger partial charge < -0.3 is 14.7 Å². The van der Waals surface area contributed by atoms with Crippen LogP contribution in [0.5, 0.6) is 5.75 Å². The first kappa shape index (κ1) is 18.3. The van der Waals surface area contributed by atoms with Crippen molar-refractivity contribution < 1.29 is 19.4 Å². The van der Waals surface area contributed by atoms with Crippen molar-refractivity contribution in [1.82, 2.24) is 4.90 Å². The maximum Gasteiger partial charge on any atom is 0.306 e. The van der Waals surface area contributed by atoms with E-state index in [0.717, 1.165) is 16.9 Å². The van der Waals surface area contributed by atoms with Gasteiger partial charge in [-0.2, -0.15) is 0 Å². The second-order valence-corrected chi connectivity index (χ2v) is 6.89. The Morgan fingerprint density at radius 2 is 1.83 bits per heavy atom. The molecule has 2 rings (SSSR count). The van der Waals surface area contributed by atoms with E-state index in [9.17, 15) is 9.59 Å². The van der Waals surface area contributed by atoms with E-state index in [-0.39, 0.29) is 11.8 Å². The van der Waals surface area contributed by atoms with E-state index in [4.69, 9.17) is 9.84 Å². The van der Waals surface area contributed by atoms with Crippen LogP contribution in [0.15, 0.2) is 18.2 Å². The van der Waals surface area contributed by atoms with Crippen molar-refractivity contribution in [1.29, 1.82) is 0 Å². The highest BCUT2D eigenvalue weighted by Gasteiger charge is 2.30. The van der Waals surface area contributed by atoms with Gasteiger partial charge >= 0.3 is 5.97 Å². The fourth-order valence-corrected chi connectivity index (χ4v) is 3.07. The fraction of sp³-hybridized carbons (Fsp3) is 0.579. The average Bonchev–Trinajstić information content (AvgIpc) is 2.54. The highest BCUT2D eigenvalue weighted by Crippen LogP contribution is 2.29. The van der Waals surface area contributed by atoms with Crippen molar-refractivity contribution in [2.24, 2.45) is 5.92 Å². The van der Waals surface area contributed by atoms with Crippen molar-refractivity contribution in [2.45, 2.75) is 52.6 Å². The summed E-state index contributed by atoms with van der Waals surface area (Å²) in [7, 11) is 0. The normalized spacial score (nSPS) is 17.0. The van der Waals surface area contributed by atoms with Crippen LogP contribution in [0.1, 0.15) is 50.7 Å². The highest BCUT2D eigenvalue weighted by atomic mass is 16.5. The molecule has 24 heavy (non-hydrogen) atoms. The van der Waals surface area contributed by atoms with Gasteiger partial charge in [0, 0.05) is 13.1 Å². The van der Waals surface area contributed by atoms with Crippen LogP contribution in [-0.2, 0) is 9.59 Å². The number of aliphatic carboxylic acids is 1. The lowest BCUT2D eigenvalue weighted by Gasteiger charge is -2.32. The molecular weight excluding hydrogens is 306 g/mol. The molecule has 5 nitrogen and oxygen atoms in total. The Hall–Kier alpha value is -2.04. The molecule has 0 spiro atoms. The third-order valence-electron chi connectivity index (χ3n) is 4.60. The van der Waals surface area contributed by atoms with Crippen LogP contribution in [-0.4, -0.2) is 41.1 Å². The summed E-state index contributed by atoms with van der Waals surface area (Å²) in [6, 6.07) is 6.06. The van der Waals surface area contributed by atoms with Gasteiger partial charge in [0.25, 0.3) is 5.91 Å². The standard InChI is InChI=1S/C19H27NO4/c1-12(2)16-6-5-13(3)11-17(16)24-14(4)18(21)20-9-7-15(8-10-20)19(22)23/h5-6,11-12,14-15H,7-10H2,1-4H3,(H,22,23). The number of hydrogen-bond acceptors (Lipinski definition) is 3. The monoisotopic (exact) mass is 333 g/mol. The molecule has 0 bridgehead atoms. The molecule has 0 radical (unpaired) electrons. The molecule has 1 fully saturated rings. The summed E-state index contributed by atoms with van der Waals surface area (Å²) >= 11 is 0. The number of likely N-dealkylation sites (tertiary alicyclic amines) is 1. The summed E-state index contributed by atoms with van der Waals surface area (Å²) in [4.78, 5) is 25.3. The highest BCUT2D eigenvalue weighted by molar-refractivity contribution is 5.81. The Labute approximate surface area is 143 Å². The number of hydrogen-bond donors (Lipinski definition) is 1. The molecule has 0 saturated carbocycles. The molecule has 1 amide bonds. The second kappa shape index (κ2) is 7.69. The molecule has 1 unspecified atom stereocenters. The molecule has 0 aromatic heterocycles. The van der Waals surface area contributed by atoms with Crippen molar-refractivity contribution >= 4 is 11.9 Å². The topological polar surface area (TPSA) is 66.8 Å². The van der Waals surface area contributed by atoms with Gasteiger partial charge in [-0.25, -0.2) is 0 Å². The minimum absolute atomic E-state index is 0.0740. The first-order valence-electron chi connectivity index (χ1n) is 8.58. The van der Waals surface area contributed by atoms with E-state index in [1.165, 1.54) is 0 Å². The number of nitrogens with zero attached hydrogens (tertiary/aromatic N) is 1. The molecule has 132 valence electrons. The van der Waals surface area contributed by atoms with E-state index in [2.05, 4.69) is 13.8 Å². The summed E-state index contributed by atoms with van der Waals surface area (Å²) in [5.74, 6) is -0.113. The van der Waals surface area contributed by atoms with Crippen LogP contribution in [0.4, 0.5) is 0 Å². The third-order valence-corrected chi connectivity index (χ3v) is 4.60. The number of carbonyl (C=O) groups excluding carboxylic acids is 1. The summed E-state index contributed by atoms with van der Waals surface area (Å²) in [6.45, 7) is 8.92. The van der Waals surface area contributed by atoms with E-state index in [1.54, 1.807) is 11.8 Å². The minimum atomic E-state index is -0.771. The SMILES string of the molecule is Cc1ccc(C(C)C)c(OC(C)C(=O)N2CCC(C(=O)O)CC2)c1. The largest absolute Gasteiger partial charge is 0.481 e. The van der Waals surface area contributed by atoms with Gasteiger partial charge in [-0.05, 0) is 49.8 Å². The first-order valence-corrected chi connectivity index (χ1v) is 8.58. The van der Waals surface area contributed by atoms with Crippen LogP contribution in [0.2, 0.25) is 0 Å². The van der Waals surface area contributed by atoms with Crippen LogP contribution >= 0.6 is 0 Å². The lowest BCUT2D eigenvalue weighted by molar-refractivity contribution is -0.147. The van der Waals surface area contributed by atoms with Crippen molar-refractivity contribution in [2.75, 3.05) is 13.1 Å². The molecule has 1 heterocycles. The van der Waals surface area contributed by atoms with Crippen LogP contribution in [0.3, 0.4) is 0 Å². The Bertz CT molecular complexity index is 603. The smallest absolute Gasteiger partial charge is 0.306 e. The number of ether oxygens (including phenoxy) is 1. The lowest BCUT2D eigenvalue weighted by atomic mass is 9.97. The number of carboxylic acids is 1. The number of carboxylic acid groups (broad SMARTS) is 1. The van der Waals surface area contributed by atoms with Gasteiger partial charge in [-0.15, -0.1) is 0 Å². The first-order chi connectivity index (χ1) is 11.3. The number of rotatable bonds is 5. The maximum atomic E-state index is 12.6. The fourth-order valence-electron chi connectivity index (χ4n) is 3.07. The van der Waals surface area contributed by atoms with E-state index < -0.39 is 12.1 Å². The van der Waals surface area contributed by atoms with Gasteiger partial charge in [-0.3, -0.25) is 9.59 Å². The molecule has 1 atom stereocenters.